The molecule has 100 valence electrons. The molecule has 1 unspecified atom stereocenters. The zero-order chi connectivity index (χ0) is 13.3. The lowest BCUT2D eigenvalue weighted by Crippen LogP contribution is -2.55. The predicted molar refractivity (Wildman–Crippen MR) is 63.7 cm³/mol. The van der Waals surface area contributed by atoms with Crippen molar-refractivity contribution in [1.82, 2.24) is 0 Å². The van der Waals surface area contributed by atoms with E-state index in [1.165, 1.54) is 0 Å². The molecule has 0 spiro atoms. The molecule has 2 N–H and O–H groups in total. The number of hydrogen-bond acceptors (Lipinski definition) is 5. The molecule has 5 nitrogen and oxygen atoms in total. The van der Waals surface area contributed by atoms with E-state index in [-0.39, 0.29) is 0 Å². The molecule has 0 aromatic heterocycles. The fourth-order valence-electron chi connectivity index (χ4n) is 2.47. The van der Waals surface area contributed by atoms with Crippen LogP contribution in [0.25, 0.3) is 0 Å². The van der Waals surface area contributed by atoms with Crippen LogP contribution >= 0.6 is 0 Å². The molecule has 0 saturated carbocycles. The summed E-state index contributed by atoms with van der Waals surface area (Å²) in [5, 5.41) is 19.9. The number of cyclic esters (lactones) is 1. The Morgan fingerprint density at radius 1 is 1.06 bits per heavy atom. The van der Waals surface area contributed by atoms with Gasteiger partial charge in [-0.3, -0.25) is 4.79 Å². The van der Waals surface area contributed by atoms with Gasteiger partial charge in [0.15, 0.2) is 0 Å². The average molecular weight is 254 g/mol. The van der Waals surface area contributed by atoms with Crippen molar-refractivity contribution in [3.63, 3.8) is 0 Å². The van der Waals surface area contributed by atoms with Crippen LogP contribution in [0.2, 0.25) is 0 Å². The third-order valence-electron chi connectivity index (χ3n) is 3.34. The smallest absolute Gasteiger partial charge is 0.315 e. The Labute approximate surface area is 106 Å². The molecule has 6 atom stereocenters. The number of aliphatic hydroxyl groups excluding tert-OH is 2. The minimum Gasteiger partial charge on any atom is -0.455 e. The van der Waals surface area contributed by atoms with Crippen LogP contribution in [-0.2, 0) is 14.3 Å². The Hall–Kier alpha value is -1.17. The first-order valence-corrected chi connectivity index (χ1v) is 6.08. The lowest BCUT2D eigenvalue weighted by molar-refractivity contribution is -0.179. The summed E-state index contributed by atoms with van der Waals surface area (Å²) in [5.74, 6) is -1.34. The van der Waals surface area contributed by atoms with Crippen molar-refractivity contribution in [2.75, 3.05) is 0 Å². The molecular weight excluding hydrogens is 236 g/mol. The van der Waals surface area contributed by atoms with E-state index in [1.54, 1.807) is 31.2 Å². The summed E-state index contributed by atoms with van der Waals surface area (Å²) >= 11 is 0. The molecule has 2 fully saturated rings. The maximum Gasteiger partial charge on any atom is 0.315 e. The van der Waals surface area contributed by atoms with Crippen molar-refractivity contribution < 1.29 is 24.5 Å². The summed E-state index contributed by atoms with van der Waals surface area (Å²) in [4.78, 5) is 11.7. The first kappa shape index (κ1) is 13.3. The molecule has 0 bridgehead atoms. The number of fused-ring (bicyclic) bond motifs is 1. The van der Waals surface area contributed by atoms with Gasteiger partial charge in [0.1, 0.15) is 30.3 Å². The van der Waals surface area contributed by atoms with Gasteiger partial charge in [0.05, 0.1) is 6.10 Å². The van der Waals surface area contributed by atoms with Crippen LogP contribution in [0.1, 0.15) is 13.8 Å². The molecular formula is C13H18O5. The summed E-state index contributed by atoms with van der Waals surface area (Å²) in [6.07, 6.45) is 2.96. The summed E-state index contributed by atoms with van der Waals surface area (Å²) < 4.78 is 10.8. The van der Waals surface area contributed by atoms with Crippen LogP contribution in [-0.4, -0.2) is 46.7 Å². The van der Waals surface area contributed by atoms with E-state index >= 15 is 0 Å². The molecule has 0 aromatic rings. The van der Waals surface area contributed by atoms with Gasteiger partial charge >= 0.3 is 5.97 Å². The van der Waals surface area contributed by atoms with Crippen molar-refractivity contribution >= 4 is 5.97 Å². The number of hydrogen-bond donors (Lipinski definition) is 2. The Balaban J connectivity index is 2.25. The van der Waals surface area contributed by atoms with Crippen LogP contribution in [0.15, 0.2) is 24.3 Å². The molecule has 2 saturated heterocycles. The van der Waals surface area contributed by atoms with Gasteiger partial charge in [0.25, 0.3) is 0 Å². The summed E-state index contributed by atoms with van der Waals surface area (Å²) in [6, 6.07) is 0. The molecule has 5 heteroatoms. The van der Waals surface area contributed by atoms with Crippen molar-refractivity contribution in [3.8, 4) is 0 Å². The second-order valence-electron chi connectivity index (χ2n) is 4.53. The predicted octanol–water partition coefficient (Wildman–Crippen LogP) is 0.169. The van der Waals surface area contributed by atoms with E-state index in [9.17, 15) is 15.0 Å². The van der Waals surface area contributed by atoms with Gasteiger partial charge in [0, 0.05) is 0 Å². The van der Waals surface area contributed by atoms with Crippen molar-refractivity contribution in [1.29, 1.82) is 0 Å². The highest BCUT2D eigenvalue weighted by atomic mass is 16.6. The SMILES string of the molecule is C/C=C/[C@H]1O[C@@H]2C(C(=O)O[C@@H]2/C=C/C)[C@H](O)[C@@H]1O. The largest absolute Gasteiger partial charge is 0.455 e. The molecule has 2 rings (SSSR count). The van der Waals surface area contributed by atoms with Gasteiger partial charge in [-0.2, -0.15) is 0 Å². The second kappa shape index (κ2) is 5.22. The van der Waals surface area contributed by atoms with Gasteiger partial charge in [-0.25, -0.2) is 0 Å². The number of allylic oxidation sites excluding steroid dienone is 2. The zero-order valence-corrected chi connectivity index (χ0v) is 10.4. The van der Waals surface area contributed by atoms with Gasteiger partial charge < -0.3 is 19.7 Å². The standard InChI is InChI=1S/C13H18O5/c1-3-5-7-10(14)11(15)9-12(17-7)8(6-4-2)18-13(9)16/h3-12,14-15H,1-2H3/b5-3+,6-4+/t7-,8-,9?,10-,11+,12+/m1/s1. The van der Waals surface area contributed by atoms with E-state index in [0.29, 0.717) is 0 Å². The molecule has 2 aliphatic heterocycles. The first-order valence-electron chi connectivity index (χ1n) is 6.08. The van der Waals surface area contributed by atoms with Crippen LogP contribution in [0, 0.1) is 5.92 Å². The number of ether oxygens (including phenoxy) is 2. The quantitative estimate of drug-likeness (QED) is 0.542. The van der Waals surface area contributed by atoms with Crippen LogP contribution < -0.4 is 0 Å². The number of carbonyl (C=O) groups is 1. The Morgan fingerprint density at radius 2 is 1.67 bits per heavy atom. The fourth-order valence-corrected chi connectivity index (χ4v) is 2.47. The molecule has 0 aliphatic carbocycles. The third kappa shape index (κ3) is 2.09. The third-order valence-corrected chi connectivity index (χ3v) is 3.34. The van der Waals surface area contributed by atoms with Crippen molar-refractivity contribution in [2.45, 2.75) is 44.4 Å². The van der Waals surface area contributed by atoms with E-state index in [2.05, 4.69) is 0 Å². The van der Waals surface area contributed by atoms with Gasteiger partial charge in [-0.05, 0) is 19.9 Å². The highest BCUT2D eigenvalue weighted by molar-refractivity contribution is 5.77. The van der Waals surface area contributed by atoms with E-state index in [0.717, 1.165) is 0 Å². The Morgan fingerprint density at radius 3 is 2.28 bits per heavy atom. The normalized spacial score (nSPS) is 44.6. The van der Waals surface area contributed by atoms with Crippen molar-refractivity contribution in [2.24, 2.45) is 5.92 Å². The molecule has 2 heterocycles. The van der Waals surface area contributed by atoms with Gasteiger partial charge in [0.2, 0.25) is 0 Å². The maximum atomic E-state index is 11.7. The van der Waals surface area contributed by atoms with Crippen molar-refractivity contribution in [3.05, 3.63) is 24.3 Å². The molecule has 0 aromatic carbocycles. The topological polar surface area (TPSA) is 76.0 Å². The highest BCUT2D eigenvalue weighted by Crippen LogP contribution is 2.36. The lowest BCUT2D eigenvalue weighted by atomic mass is 9.86. The first-order chi connectivity index (χ1) is 8.60. The second-order valence-corrected chi connectivity index (χ2v) is 4.53. The Kier molecular flexibility index (Phi) is 3.85. The molecule has 0 amide bonds. The van der Waals surface area contributed by atoms with E-state index in [4.69, 9.17) is 9.47 Å². The molecule has 18 heavy (non-hydrogen) atoms. The summed E-state index contributed by atoms with van der Waals surface area (Å²) in [5.41, 5.74) is 0. The highest BCUT2D eigenvalue weighted by Gasteiger charge is 2.55. The summed E-state index contributed by atoms with van der Waals surface area (Å²) in [7, 11) is 0. The van der Waals surface area contributed by atoms with Crippen LogP contribution in [0.5, 0.6) is 0 Å². The Bertz CT molecular complexity index is 376. The number of rotatable bonds is 2. The van der Waals surface area contributed by atoms with Crippen LogP contribution in [0.4, 0.5) is 0 Å². The van der Waals surface area contributed by atoms with Crippen LogP contribution in [0.3, 0.4) is 0 Å². The molecule has 0 radical (unpaired) electrons. The fraction of sp³-hybridized carbons (Fsp3) is 0.615. The van der Waals surface area contributed by atoms with Gasteiger partial charge in [-0.1, -0.05) is 18.2 Å². The minimum atomic E-state index is -1.16. The maximum absolute atomic E-state index is 11.7. The number of carbonyl (C=O) groups excluding carboxylic acids is 1. The lowest BCUT2D eigenvalue weighted by Gasteiger charge is -2.37. The van der Waals surface area contributed by atoms with E-state index in [1.807, 2.05) is 6.92 Å². The molecule has 2 aliphatic rings. The number of aliphatic hydroxyl groups is 2. The zero-order valence-electron chi connectivity index (χ0n) is 10.4. The minimum absolute atomic E-state index is 0.498. The average Bonchev–Trinajstić information content (AvgIpc) is 2.63. The monoisotopic (exact) mass is 254 g/mol. The summed E-state index contributed by atoms with van der Waals surface area (Å²) in [6.45, 7) is 3.62. The van der Waals surface area contributed by atoms with E-state index < -0.39 is 42.4 Å². The van der Waals surface area contributed by atoms with Gasteiger partial charge in [-0.15, -0.1) is 0 Å². The number of esters is 1.